The number of carboxylic acid groups (broad SMARTS) is 1. The summed E-state index contributed by atoms with van der Waals surface area (Å²) in [5, 5.41) is 29.7. The van der Waals surface area contributed by atoms with E-state index in [0.717, 1.165) is 99.8 Å². The fourth-order valence-electron chi connectivity index (χ4n) is 22.7. The molecule has 4 aliphatic carbocycles. The molecule has 8 aliphatic rings. The first-order chi connectivity index (χ1) is 62.9. The van der Waals surface area contributed by atoms with E-state index in [-0.39, 0.29) is 24.8 Å². The number of alkyl halides is 2. The summed E-state index contributed by atoms with van der Waals surface area (Å²) in [4.78, 5) is 49.0. The van der Waals surface area contributed by atoms with Gasteiger partial charge in [0.1, 0.15) is 0 Å². The number of nitrogens with one attached hydrogen (secondary N) is 1. The number of aromatic nitrogens is 12. The van der Waals surface area contributed by atoms with Crippen LogP contribution in [0.4, 0.5) is 5.69 Å². The third kappa shape index (κ3) is 20.8. The summed E-state index contributed by atoms with van der Waals surface area (Å²) in [7, 11) is 0. The van der Waals surface area contributed by atoms with Crippen LogP contribution >= 0.6 is 23.2 Å². The van der Waals surface area contributed by atoms with E-state index < -0.39 is 24.6 Å². The predicted octanol–water partition coefficient (Wildman–Crippen LogP) is 29.2. The van der Waals surface area contributed by atoms with Gasteiger partial charge in [-0.1, -0.05) is 121 Å². The molecule has 21 nitrogen and oxygen atoms in total. The van der Waals surface area contributed by atoms with Crippen molar-refractivity contribution in [1.29, 1.82) is 0 Å². The zero-order valence-corrected chi connectivity index (χ0v) is 80.2. The topological polar surface area (TPSA) is 294 Å². The Labute approximate surface area is 781 Å². The number of carboxylic acids is 1. The van der Waals surface area contributed by atoms with E-state index in [0.29, 0.717) is 40.6 Å². The third-order valence-corrected chi connectivity index (χ3v) is 41.2. The summed E-state index contributed by atoms with van der Waals surface area (Å²) in [6.45, 7) is 18.0. The number of benzene rings is 4. The number of amides is 1. The summed E-state index contributed by atoms with van der Waals surface area (Å²) in [6, 6.07) is 41.8. The number of carbonyl (C=O) groups is 2. The van der Waals surface area contributed by atoms with Crippen LogP contribution in [0.3, 0.4) is 0 Å². The largest absolute Gasteiger partial charge is 0.478 e. The SMILES string of the molecule is C.CCC[CH2][Sn]([CH2]CCC)([CH2]CCC)[N]=[N+]=[N-].ClCCl.N.NC(=O)c1ccc2c(C3CCCCC3)c3n(c2c1)CCCc1ncccc1-3.O=C(O)c1ccc2c(C3CCCCC3)c3n(c2c1)CCCc1ncccc1-3.[C-]#[N+]c1ccc2c(C3CCCCC3)c3n(c2c1)CCCc1ncccc1-3.c1cnc2c(c1)-c1c(C3CCCCC3)c3ccc(-c4nn[nH]n4)cc3n1CCC2. The van der Waals surface area contributed by atoms with E-state index in [4.69, 9.17) is 56.0 Å². The monoisotopic (exact) mass is 1890 g/mol. The molecule has 0 atom stereocenters. The maximum atomic E-state index is 11.8. The molecule has 13 heterocycles. The Morgan fingerprint density at radius 1 is 0.485 bits per heavy atom. The van der Waals surface area contributed by atoms with Crippen molar-refractivity contribution in [3.8, 4) is 56.4 Å². The number of rotatable bonds is 17. The van der Waals surface area contributed by atoms with Gasteiger partial charge >= 0.3 is 111 Å². The molecule has 4 aliphatic heterocycles. The molecular weight excluding hydrogens is 1760 g/mol. The van der Waals surface area contributed by atoms with Gasteiger partial charge in [-0.15, -0.1) is 33.4 Å². The maximum absolute atomic E-state index is 11.8. The van der Waals surface area contributed by atoms with E-state index in [1.807, 2.05) is 67.3 Å². The number of pyridine rings is 4. The van der Waals surface area contributed by atoms with Gasteiger partial charge in [-0.25, -0.2) is 9.64 Å². The molecule has 24 heteroatoms. The van der Waals surface area contributed by atoms with Crippen molar-refractivity contribution in [2.45, 2.75) is 310 Å². The van der Waals surface area contributed by atoms with Crippen molar-refractivity contribution in [2.24, 2.45) is 9.07 Å². The molecule has 0 bridgehead atoms. The van der Waals surface area contributed by atoms with Crippen LogP contribution in [0.15, 0.2) is 149 Å². The molecule has 130 heavy (non-hydrogen) atoms. The number of carbonyl (C=O) groups excluding carboxylic acids is 1. The number of halogens is 2. The van der Waals surface area contributed by atoms with E-state index in [2.05, 4.69) is 151 Å². The van der Waals surface area contributed by atoms with Crippen molar-refractivity contribution in [3.05, 3.63) is 224 Å². The number of nitrogens with zero attached hydrogens (tertiary/aromatic N) is 15. The normalized spacial score (nSPS) is 16.0. The quantitative estimate of drug-likeness (QED) is 0.0166. The second-order valence-corrected chi connectivity index (χ2v) is 49.3. The maximum Gasteiger partial charge on any atom is 0.335 e. The number of hydrogen-bond donors (Lipinski definition) is 4. The van der Waals surface area contributed by atoms with E-state index in [9.17, 15) is 14.7 Å². The first-order valence-electron chi connectivity index (χ1n) is 48.1. The number of primary amides is 1. The fraction of sp³-hybridized carbons (Fsp3) is 0.472. The number of H-pyrrole nitrogens is 1. The molecule has 0 unspecified atom stereocenters. The van der Waals surface area contributed by atoms with Crippen molar-refractivity contribution in [3.63, 3.8) is 0 Å². The van der Waals surface area contributed by atoms with Gasteiger partial charge in [0, 0.05) is 151 Å². The van der Waals surface area contributed by atoms with Crippen molar-refractivity contribution >= 4 is 103 Å². The predicted molar refractivity (Wildman–Crippen MR) is 535 cm³/mol. The number of aromatic amines is 1. The minimum Gasteiger partial charge on any atom is -0.478 e. The fourth-order valence-corrected chi connectivity index (χ4v) is 34.9. The number of tetrazole rings is 1. The Balaban J connectivity index is 0.000000131. The summed E-state index contributed by atoms with van der Waals surface area (Å²) in [5.41, 5.74) is 43.2. The molecule has 4 aromatic carbocycles. The third-order valence-electron chi connectivity index (χ3n) is 28.7. The van der Waals surface area contributed by atoms with Crippen LogP contribution in [-0.2, 0) is 51.9 Å². The minimum absolute atomic E-state index is 0. The Hall–Kier alpha value is -10.2. The molecule has 0 spiro atoms. The summed E-state index contributed by atoms with van der Waals surface area (Å²) in [6.07, 6.45) is 49.5. The molecule has 9 aromatic heterocycles. The molecule has 0 radical (unpaired) electrons. The van der Waals surface area contributed by atoms with Gasteiger partial charge in [0.25, 0.3) is 0 Å². The first kappa shape index (κ1) is 95.9. The summed E-state index contributed by atoms with van der Waals surface area (Å²) >= 11 is 7.08. The van der Waals surface area contributed by atoms with Crippen molar-refractivity contribution in [1.82, 2.24) is 65.0 Å². The number of fused-ring (bicyclic) bond motifs is 20. The zero-order chi connectivity index (χ0) is 88.5. The second-order valence-electron chi connectivity index (χ2n) is 36.6. The van der Waals surface area contributed by atoms with Crippen LogP contribution in [0.25, 0.3) is 115 Å². The van der Waals surface area contributed by atoms with Crippen molar-refractivity contribution < 1.29 is 14.7 Å². The standard InChI is InChI=1S/C23H24N6.C23H25N3O.C23H23N3.C23H24N2O2.3C4H9.CH2Cl2.CH4.N3.H3N.Sn/c1-2-6-15(7-3-1)21-18-11-10-16(23-25-27-28-26-23)14-20(18)29-13-5-9-19-17(22(21)29)8-4-12-24-19;24-23(27)16-10-11-18-20(14-16)26-13-5-9-19-17(8-4-12-25-19)22(26)21(18)15-6-2-1-3-7-15;1-24-17-11-12-19-21(15-17)26-14-6-10-20-18(9-5-13-25-20)23(26)22(19)16-7-3-2-4-8-16;26-23(27)16-10-11-18-20(14-16)25-13-5-9-19-17(8-4-12-24-19)22(25)21(18)15-6-2-1-3-7-15;3*1-3-4-2;2-1-3;;1-3-2;;/h4,8,10-12,14-15H,1-3,5-7,9,13H2,(H,25,26,27,28);4,8,10-12,14-15H,1-3,5-7,9,13H2,(H2,24,27);5,9,11-13,15-16H,2-4,6-8,10,14H2;4,8,10-12,14-15H,1-3,5-7,9,13H2,(H,26,27);3*1,3-4H2,2H3;1H2;1H4;;1H3;/q;;;;;;;;;-1;;+1. The van der Waals surface area contributed by atoms with E-state index in [1.54, 1.807) is 6.07 Å². The van der Waals surface area contributed by atoms with Gasteiger partial charge in [-0.05, 0) is 239 Å². The van der Waals surface area contributed by atoms with Crippen LogP contribution in [-0.4, -0.2) is 99.8 Å². The molecule has 21 rings (SSSR count). The number of aromatic carboxylic acids is 1. The van der Waals surface area contributed by atoms with Crippen LogP contribution in [0.1, 0.15) is 310 Å². The number of azide groups is 1. The summed E-state index contributed by atoms with van der Waals surface area (Å²) in [5.74, 6) is 1.83. The van der Waals surface area contributed by atoms with Crippen LogP contribution in [0.2, 0.25) is 13.3 Å². The number of nitrogens with two attached hydrogens (primary N) is 1. The number of aryl methyl sites for hydroxylation is 8. The Kier molecular flexibility index (Phi) is 33.7. The molecule has 7 N–H and O–H groups in total. The Morgan fingerprint density at radius 3 is 1.14 bits per heavy atom. The van der Waals surface area contributed by atoms with Gasteiger partial charge < -0.3 is 35.3 Å². The zero-order valence-electron chi connectivity index (χ0n) is 75.9. The molecule has 4 fully saturated rings. The van der Waals surface area contributed by atoms with Crippen LogP contribution < -0.4 is 11.9 Å². The smallest absolute Gasteiger partial charge is 0.335 e. The van der Waals surface area contributed by atoms with Crippen LogP contribution in [0.5, 0.6) is 0 Å². The first-order valence-corrected chi connectivity index (χ1v) is 56.5. The van der Waals surface area contributed by atoms with Gasteiger partial charge in [0.05, 0.1) is 40.3 Å². The van der Waals surface area contributed by atoms with Crippen LogP contribution in [0, 0.1) is 6.57 Å². The van der Waals surface area contributed by atoms with E-state index >= 15 is 0 Å². The Bertz CT molecular complexity index is 5940. The van der Waals surface area contributed by atoms with E-state index in [1.165, 1.54) is 303 Å². The van der Waals surface area contributed by atoms with Gasteiger partial charge in [-0.3, -0.25) is 24.7 Å². The molecule has 4 saturated carbocycles. The second kappa shape index (κ2) is 45.8. The van der Waals surface area contributed by atoms with Crippen molar-refractivity contribution in [2.75, 3.05) is 5.34 Å². The van der Waals surface area contributed by atoms with Gasteiger partial charge in [-0.2, -0.15) is 5.21 Å². The molecular formula is C106H132Cl2N18O3Sn. The number of unbranched alkanes of at least 4 members (excludes halogenated alkanes) is 3. The van der Waals surface area contributed by atoms with Gasteiger partial charge in [0.15, 0.2) is 5.69 Å². The molecule has 1 amide bonds. The number of hydrogen-bond acceptors (Lipinski definition) is 11. The molecule has 0 saturated heterocycles. The average molecular weight is 1900 g/mol. The molecule has 682 valence electrons. The average Bonchev–Trinajstić information content (AvgIpc) is 1.60. The molecule has 13 aromatic rings. The summed E-state index contributed by atoms with van der Waals surface area (Å²) < 4.78 is 18.0. The Morgan fingerprint density at radius 2 is 0.815 bits per heavy atom. The van der Waals surface area contributed by atoms with Gasteiger partial charge in [0.2, 0.25) is 11.7 Å². The minimum atomic E-state index is -2.45.